The van der Waals surface area contributed by atoms with Crippen molar-refractivity contribution in [3.63, 3.8) is 0 Å². The van der Waals surface area contributed by atoms with Crippen LogP contribution >= 0.6 is 15.6 Å². The summed E-state index contributed by atoms with van der Waals surface area (Å²) >= 11 is 0. The second kappa shape index (κ2) is 60.3. The number of hydrogen-bond acceptors (Lipinski definition) is 15. The average molecular weight is 1280 g/mol. The molecule has 0 aromatic heterocycles. The highest BCUT2D eigenvalue weighted by atomic mass is 31.2. The van der Waals surface area contributed by atoms with Gasteiger partial charge in [-0.2, -0.15) is 0 Å². The van der Waals surface area contributed by atoms with E-state index in [1.54, 1.807) is 0 Å². The van der Waals surface area contributed by atoms with Gasteiger partial charge in [-0.3, -0.25) is 37.3 Å². The predicted molar refractivity (Wildman–Crippen MR) is 349 cm³/mol. The van der Waals surface area contributed by atoms with E-state index in [2.05, 4.69) is 41.5 Å². The number of carbonyl (C=O) groups excluding carboxylic acids is 4. The molecule has 0 aliphatic heterocycles. The molecule has 0 saturated heterocycles. The zero-order valence-electron chi connectivity index (χ0n) is 56.3. The fourth-order valence-electron chi connectivity index (χ4n) is 10.2. The normalized spacial score (nSPS) is 14.2. The van der Waals surface area contributed by atoms with Crippen molar-refractivity contribution in [2.24, 2.45) is 11.8 Å². The SMILES string of the molecule is CCCCCCCCCCCCC(=O)O[C@H](COC(=O)CCCCCCCCCCC)COP(=O)(O)OC[C@H](O)COP(=O)(O)OC[C@@H](COC(=O)CCCCCCCCCCCCC(C)C)OC(=O)CCCCCCCCCCCCCCC(C)C. The van der Waals surface area contributed by atoms with Gasteiger partial charge in [0.05, 0.1) is 26.4 Å². The minimum Gasteiger partial charge on any atom is -0.462 e. The summed E-state index contributed by atoms with van der Waals surface area (Å²) in [7, 11) is -9.89. The van der Waals surface area contributed by atoms with E-state index in [1.165, 1.54) is 161 Å². The molecule has 19 heteroatoms. The fourth-order valence-corrected chi connectivity index (χ4v) is 11.8. The van der Waals surface area contributed by atoms with Crippen molar-refractivity contribution >= 4 is 39.5 Å². The number of unbranched alkanes of at least 4 members (excludes halogenated alkanes) is 37. The minimum atomic E-state index is -4.95. The average Bonchev–Trinajstić information content (AvgIpc) is 3.68. The lowest BCUT2D eigenvalue weighted by molar-refractivity contribution is -0.161. The lowest BCUT2D eigenvalue weighted by atomic mass is 10.0. The Hall–Kier alpha value is -1.94. The van der Waals surface area contributed by atoms with Gasteiger partial charge < -0.3 is 33.8 Å². The molecule has 516 valence electrons. The van der Waals surface area contributed by atoms with E-state index in [-0.39, 0.29) is 25.7 Å². The number of esters is 4. The number of aliphatic hydroxyl groups excluding tert-OH is 1. The van der Waals surface area contributed by atoms with E-state index in [0.717, 1.165) is 102 Å². The fraction of sp³-hybridized carbons (Fsp3) is 0.941. The maximum Gasteiger partial charge on any atom is 0.472 e. The number of aliphatic hydroxyl groups is 1. The van der Waals surface area contributed by atoms with Crippen LogP contribution < -0.4 is 0 Å². The van der Waals surface area contributed by atoms with Gasteiger partial charge in [-0.25, -0.2) is 9.13 Å². The molecule has 0 aromatic rings. The summed E-state index contributed by atoms with van der Waals surface area (Å²) in [6.45, 7) is 9.51. The van der Waals surface area contributed by atoms with Gasteiger partial charge in [0.2, 0.25) is 0 Å². The van der Waals surface area contributed by atoms with Crippen molar-refractivity contribution in [1.82, 2.24) is 0 Å². The Morgan fingerprint density at radius 2 is 0.529 bits per heavy atom. The van der Waals surface area contributed by atoms with Gasteiger partial charge in [-0.15, -0.1) is 0 Å². The Morgan fingerprint density at radius 1 is 0.310 bits per heavy atom. The van der Waals surface area contributed by atoms with Crippen molar-refractivity contribution in [3.8, 4) is 0 Å². The van der Waals surface area contributed by atoms with Crippen LogP contribution in [0.15, 0.2) is 0 Å². The van der Waals surface area contributed by atoms with Crippen molar-refractivity contribution in [1.29, 1.82) is 0 Å². The summed E-state index contributed by atoms with van der Waals surface area (Å²) in [6, 6.07) is 0. The molecule has 5 atom stereocenters. The largest absolute Gasteiger partial charge is 0.472 e. The molecular weight excluding hydrogens is 1150 g/mol. The maximum absolute atomic E-state index is 13.0. The summed E-state index contributed by atoms with van der Waals surface area (Å²) in [6.07, 6.45) is 44.3. The third-order valence-electron chi connectivity index (χ3n) is 15.7. The van der Waals surface area contributed by atoms with Gasteiger partial charge in [-0.1, -0.05) is 292 Å². The van der Waals surface area contributed by atoms with Crippen LogP contribution in [0.25, 0.3) is 0 Å². The van der Waals surface area contributed by atoms with E-state index in [0.29, 0.717) is 25.7 Å². The Labute approximate surface area is 530 Å². The molecule has 0 spiro atoms. The van der Waals surface area contributed by atoms with Gasteiger partial charge in [-0.05, 0) is 37.5 Å². The number of rotatable bonds is 67. The van der Waals surface area contributed by atoms with Gasteiger partial charge in [0, 0.05) is 25.7 Å². The van der Waals surface area contributed by atoms with Crippen molar-refractivity contribution in [3.05, 3.63) is 0 Å². The second-order valence-electron chi connectivity index (χ2n) is 25.5. The highest BCUT2D eigenvalue weighted by molar-refractivity contribution is 7.47. The molecule has 87 heavy (non-hydrogen) atoms. The molecule has 0 saturated carbocycles. The molecule has 0 aromatic carbocycles. The first-order valence-electron chi connectivity index (χ1n) is 35.5. The third-order valence-corrected chi connectivity index (χ3v) is 17.6. The molecule has 0 amide bonds. The molecule has 0 aliphatic rings. The molecule has 0 radical (unpaired) electrons. The molecule has 0 heterocycles. The molecule has 0 fully saturated rings. The first-order valence-corrected chi connectivity index (χ1v) is 38.5. The lowest BCUT2D eigenvalue weighted by Crippen LogP contribution is -2.30. The smallest absolute Gasteiger partial charge is 0.462 e. The Balaban J connectivity index is 5.23. The molecule has 0 bridgehead atoms. The van der Waals surface area contributed by atoms with Crippen LogP contribution in [0.4, 0.5) is 0 Å². The number of phosphoric acid groups is 2. The highest BCUT2D eigenvalue weighted by Gasteiger charge is 2.30. The van der Waals surface area contributed by atoms with Gasteiger partial charge in [0.1, 0.15) is 19.3 Å². The van der Waals surface area contributed by atoms with E-state index in [4.69, 9.17) is 37.0 Å². The first-order chi connectivity index (χ1) is 41.9. The standard InChI is InChI=1S/C68H132O17P2/c1-7-9-11-13-15-17-27-34-40-46-52-67(72)84-63(56-78-65(70)50-44-38-32-24-16-14-12-10-8-2)58-82-86(74,75)80-54-62(69)55-81-87(76,77)83-59-64(57-79-66(71)51-45-39-33-28-23-22-26-31-37-43-49-61(5)6)85-68(73)53-47-41-35-29-21-19-18-20-25-30-36-42-48-60(3)4/h60-64,69H,7-59H2,1-6H3,(H,74,75)(H,76,77)/t62-,63+,64+/m0/s1. The van der Waals surface area contributed by atoms with E-state index >= 15 is 0 Å². The van der Waals surface area contributed by atoms with Gasteiger partial charge in [0.15, 0.2) is 12.2 Å². The molecule has 3 N–H and O–H groups in total. The lowest BCUT2D eigenvalue weighted by Gasteiger charge is -2.21. The Morgan fingerprint density at radius 3 is 0.782 bits per heavy atom. The highest BCUT2D eigenvalue weighted by Crippen LogP contribution is 2.45. The molecule has 0 aliphatic carbocycles. The molecule has 17 nitrogen and oxygen atoms in total. The molecule has 2 unspecified atom stereocenters. The van der Waals surface area contributed by atoms with Crippen LogP contribution in [0.3, 0.4) is 0 Å². The number of carbonyl (C=O) groups is 4. The predicted octanol–water partition coefficient (Wildman–Crippen LogP) is 19.2. The van der Waals surface area contributed by atoms with Gasteiger partial charge >= 0.3 is 39.5 Å². The third kappa shape index (κ3) is 62.6. The summed E-state index contributed by atoms with van der Waals surface area (Å²) < 4.78 is 68.1. The van der Waals surface area contributed by atoms with Crippen LogP contribution in [-0.4, -0.2) is 96.7 Å². The van der Waals surface area contributed by atoms with Crippen molar-refractivity contribution in [2.45, 2.75) is 362 Å². The number of phosphoric ester groups is 2. The first kappa shape index (κ1) is 85.1. The van der Waals surface area contributed by atoms with E-state index < -0.39 is 97.5 Å². The summed E-state index contributed by atoms with van der Waals surface area (Å²) in [5.41, 5.74) is 0. The van der Waals surface area contributed by atoms with Crippen LogP contribution in [0.2, 0.25) is 0 Å². The summed E-state index contributed by atoms with van der Waals surface area (Å²) in [5, 5.41) is 10.6. The zero-order chi connectivity index (χ0) is 64.3. The van der Waals surface area contributed by atoms with Gasteiger partial charge in [0.25, 0.3) is 0 Å². The minimum absolute atomic E-state index is 0.106. The quantitative estimate of drug-likeness (QED) is 0.0222. The van der Waals surface area contributed by atoms with E-state index in [1.807, 2.05) is 0 Å². The molecular formula is C68H132O17P2. The number of hydrogen-bond donors (Lipinski definition) is 3. The van der Waals surface area contributed by atoms with Crippen LogP contribution in [0.5, 0.6) is 0 Å². The number of ether oxygens (including phenoxy) is 4. The van der Waals surface area contributed by atoms with Crippen molar-refractivity contribution < 1.29 is 80.2 Å². The summed E-state index contributed by atoms with van der Waals surface area (Å²) in [5.74, 6) is -0.592. The topological polar surface area (TPSA) is 237 Å². The maximum atomic E-state index is 13.0. The monoisotopic (exact) mass is 1280 g/mol. The van der Waals surface area contributed by atoms with Crippen LogP contribution in [-0.2, 0) is 65.4 Å². The van der Waals surface area contributed by atoms with Crippen molar-refractivity contribution in [2.75, 3.05) is 39.6 Å². The zero-order valence-corrected chi connectivity index (χ0v) is 58.1. The summed E-state index contributed by atoms with van der Waals surface area (Å²) in [4.78, 5) is 72.4. The van der Waals surface area contributed by atoms with E-state index in [9.17, 15) is 43.2 Å². The Bertz CT molecular complexity index is 1700. The molecule has 0 rings (SSSR count). The van der Waals surface area contributed by atoms with Crippen LogP contribution in [0, 0.1) is 11.8 Å². The van der Waals surface area contributed by atoms with Crippen LogP contribution in [0.1, 0.15) is 343 Å². The Kier molecular flexibility index (Phi) is 59.0. The second-order valence-corrected chi connectivity index (χ2v) is 28.4.